The molecule has 0 fully saturated rings. The SMILES string of the molecule is CCSc1ccncc1.CCSc1ccncc1.F. The molecule has 0 radical (unpaired) electrons. The van der Waals surface area contributed by atoms with Gasteiger partial charge in [0.05, 0.1) is 0 Å². The van der Waals surface area contributed by atoms with Crippen molar-refractivity contribution in [2.24, 2.45) is 0 Å². The van der Waals surface area contributed by atoms with Crippen LogP contribution >= 0.6 is 23.5 Å². The van der Waals surface area contributed by atoms with Crippen LogP contribution in [0.15, 0.2) is 58.8 Å². The lowest BCUT2D eigenvalue weighted by Gasteiger charge is -1.93. The molecule has 2 aromatic rings. The zero-order valence-electron chi connectivity index (χ0n) is 11.2. The molecule has 104 valence electrons. The summed E-state index contributed by atoms with van der Waals surface area (Å²) in [7, 11) is 0. The van der Waals surface area contributed by atoms with Crippen molar-refractivity contribution in [3.05, 3.63) is 49.1 Å². The van der Waals surface area contributed by atoms with Crippen LogP contribution in [0.2, 0.25) is 0 Å². The van der Waals surface area contributed by atoms with Gasteiger partial charge in [-0.3, -0.25) is 14.7 Å². The molecule has 0 unspecified atom stereocenters. The fourth-order valence-electron chi connectivity index (χ4n) is 1.20. The maximum atomic E-state index is 3.91. The Balaban J connectivity index is 0.000000324. The van der Waals surface area contributed by atoms with Crippen molar-refractivity contribution in [2.75, 3.05) is 11.5 Å². The molecule has 2 aromatic heterocycles. The largest absolute Gasteiger partial charge is 0.269 e. The topological polar surface area (TPSA) is 25.8 Å². The quantitative estimate of drug-likeness (QED) is 0.774. The molecular weight excluding hydrogens is 279 g/mol. The maximum Gasteiger partial charge on any atom is 0.0278 e. The molecule has 0 spiro atoms. The average Bonchev–Trinajstić information content (AvgIpc) is 2.43. The van der Waals surface area contributed by atoms with E-state index >= 15 is 0 Å². The van der Waals surface area contributed by atoms with Crippen molar-refractivity contribution in [3.8, 4) is 0 Å². The van der Waals surface area contributed by atoms with Gasteiger partial charge >= 0.3 is 0 Å². The lowest BCUT2D eigenvalue weighted by atomic mass is 10.5. The molecule has 0 atom stereocenters. The minimum Gasteiger partial charge on any atom is -0.269 e. The fourth-order valence-corrected chi connectivity index (χ4v) is 2.50. The molecule has 2 rings (SSSR count). The van der Waals surface area contributed by atoms with Gasteiger partial charge < -0.3 is 0 Å². The van der Waals surface area contributed by atoms with Crippen molar-refractivity contribution in [3.63, 3.8) is 0 Å². The molecule has 0 aliphatic rings. The van der Waals surface area contributed by atoms with Gasteiger partial charge in [0, 0.05) is 34.6 Å². The molecule has 2 heterocycles. The number of nitrogens with zero attached hydrogens (tertiary/aromatic N) is 2. The summed E-state index contributed by atoms with van der Waals surface area (Å²) < 4.78 is 0. The molecule has 0 saturated heterocycles. The van der Waals surface area contributed by atoms with Gasteiger partial charge in [0.1, 0.15) is 0 Å². The van der Waals surface area contributed by atoms with E-state index < -0.39 is 0 Å². The molecular formula is C14H19FN2S2. The third-order valence-electron chi connectivity index (χ3n) is 1.92. The zero-order chi connectivity index (χ0) is 13.1. The van der Waals surface area contributed by atoms with Crippen LogP contribution in [0.25, 0.3) is 0 Å². The third kappa shape index (κ3) is 8.61. The van der Waals surface area contributed by atoms with E-state index in [4.69, 9.17) is 0 Å². The van der Waals surface area contributed by atoms with E-state index in [0.29, 0.717) is 0 Å². The van der Waals surface area contributed by atoms with Crippen LogP contribution in [0.3, 0.4) is 0 Å². The third-order valence-corrected chi connectivity index (χ3v) is 3.71. The fraction of sp³-hybridized carbons (Fsp3) is 0.286. The predicted molar refractivity (Wildman–Crippen MR) is 83.8 cm³/mol. The predicted octanol–water partition coefficient (Wildman–Crippen LogP) is 4.54. The molecule has 0 N–H and O–H groups in total. The van der Waals surface area contributed by atoms with Crippen molar-refractivity contribution < 1.29 is 4.70 Å². The summed E-state index contributed by atoms with van der Waals surface area (Å²) in [6.07, 6.45) is 7.27. The van der Waals surface area contributed by atoms with E-state index in [1.165, 1.54) is 9.79 Å². The second kappa shape index (κ2) is 12.0. The normalized spacial score (nSPS) is 8.95. The van der Waals surface area contributed by atoms with Gasteiger partial charge in [-0.25, -0.2) is 0 Å². The number of thioether (sulfide) groups is 2. The smallest absolute Gasteiger partial charge is 0.0278 e. The van der Waals surface area contributed by atoms with Crippen LogP contribution in [0, 0.1) is 0 Å². The Hall–Kier alpha value is -1.07. The Bertz CT molecular complexity index is 371. The van der Waals surface area contributed by atoms with Crippen LogP contribution in [0.1, 0.15) is 13.8 Å². The van der Waals surface area contributed by atoms with Crippen molar-refractivity contribution in [2.45, 2.75) is 23.6 Å². The molecule has 0 aliphatic carbocycles. The summed E-state index contributed by atoms with van der Waals surface area (Å²) in [5.41, 5.74) is 0. The second-order valence-corrected chi connectivity index (χ2v) is 5.91. The van der Waals surface area contributed by atoms with Crippen LogP contribution in [-0.4, -0.2) is 21.5 Å². The number of rotatable bonds is 4. The Morgan fingerprint density at radius 1 is 0.737 bits per heavy atom. The number of halogens is 1. The molecule has 0 saturated carbocycles. The minimum absolute atomic E-state index is 0. The average molecular weight is 298 g/mol. The van der Waals surface area contributed by atoms with Gasteiger partial charge in [-0.05, 0) is 35.8 Å². The monoisotopic (exact) mass is 298 g/mol. The van der Waals surface area contributed by atoms with Crippen molar-refractivity contribution >= 4 is 23.5 Å². The van der Waals surface area contributed by atoms with Gasteiger partial charge in [-0.1, -0.05) is 13.8 Å². The number of aromatic nitrogens is 2. The van der Waals surface area contributed by atoms with E-state index in [0.717, 1.165) is 11.5 Å². The highest BCUT2D eigenvalue weighted by Crippen LogP contribution is 2.15. The van der Waals surface area contributed by atoms with Crippen LogP contribution in [0.5, 0.6) is 0 Å². The van der Waals surface area contributed by atoms with Gasteiger partial charge in [0.25, 0.3) is 0 Å². The summed E-state index contributed by atoms with van der Waals surface area (Å²) in [4.78, 5) is 10.4. The first-order valence-electron chi connectivity index (χ1n) is 5.92. The van der Waals surface area contributed by atoms with Crippen LogP contribution in [0.4, 0.5) is 4.70 Å². The van der Waals surface area contributed by atoms with Crippen molar-refractivity contribution in [1.29, 1.82) is 0 Å². The highest BCUT2D eigenvalue weighted by Gasteiger charge is 1.86. The summed E-state index contributed by atoms with van der Waals surface area (Å²) in [5.74, 6) is 2.26. The van der Waals surface area contributed by atoms with E-state index in [1.807, 2.05) is 72.6 Å². The Kier molecular flexibility index (Phi) is 11.3. The van der Waals surface area contributed by atoms with E-state index in [2.05, 4.69) is 23.8 Å². The molecule has 0 amide bonds. The number of pyridine rings is 2. The Morgan fingerprint density at radius 3 is 1.32 bits per heavy atom. The summed E-state index contributed by atoms with van der Waals surface area (Å²) in [6.45, 7) is 4.29. The highest BCUT2D eigenvalue weighted by atomic mass is 32.2. The van der Waals surface area contributed by atoms with Gasteiger partial charge in [0.15, 0.2) is 0 Å². The van der Waals surface area contributed by atoms with Gasteiger partial charge in [-0.2, -0.15) is 0 Å². The Labute approximate surface area is 122 Å². The minimum atomic E-state index is 0. The number of hydrogen-bond acceptors (Lipinski definition) is 4. The van der Waals surface area contributed by atoms with E-state index in [9.17, 15) is 0 Å². The first-order valence-corrected chi connectivity index (χ1v) is 7.89. The molecule has 5 heteroatoms. The second-order valence-electron chi connectivity index (χ2n) is 3.23. The van der Waals surface area contributed by atoms with E-state index in [-0.39, 0.29) is 4.70 Å². The molecule has 0 bridgehead atoms. The van der Waals surface area contributed by atoms with Gasteiger partial charge in [0.2, 0.25) is 0 Å². The molecule has 0 aliphatic heterocycles. The Morgan fingerprint density at radius 2 is 1.05 bits per heavy atom. The molecule has 19 heavy (non-hydrogen) atoms. The molecule has 0 aromatic carbocycles. The molecule has 2 nitrogen and oxygen atoms in total. The maximum absolute atomic E-state index is 3.91. The zero-order valence-corrected chi connectivity index (χ0v) is 12.8. The summed E-state index contributed by atoms with van der Waals surface area (Å²) in [5, 5.41) is 0. The van der Waals surface area contributed by atoms with Crippen LogP contribution < -0.4 is 0 Å². The summed E-state index contributed by atoms with van der Waals surface area (Å²) >= 11 is 3.67. The summed E-state index contributed by atoms with van der Waals surface area (Å²) in [6, 6.07) is 8.09. The van der Waals surface area contributed by atoms with Gasteiger partial charge in [-0.15, -0.1) is 23.5 Å². The number of hydrogen-bond donors (Lipinski definition) is 0. The first-order chi connectivity index (χ1) is 8.86. The lowest BCUT2D eigenvalue weighted by Crippen LogP contribution is -1.72. The highest BCUT2D eigenvalue weighted by molar-refractivity contribution is 7.99. The standard InChI is InChI=1S/2C7H9NS.FH/c2*1-2-9-7-3-5-8-6-4-7;/h2*3-6H,2H2,1H3;1H. The van der Waals surface area contributed by atoms with Crippen molar-refractivity contribution in [1.82, 2.24) is 9.97 Å². The van der Waals surface area contributed by atoms with Crippen LogP contribution in [-0.2, 0) is 0 Å². The lowest BCUT2D eigenvalue weighted by molar-refractivity contribution is 1.11. The first kappa shape index (κ1) is 17.9. The van der Waals surface area contributed by atoms with E-state index in [1.54, 1.807) is 0 Å².